The van der Waals surface area contributed by atoms with Crippen molar-refractivity contribution in [3.63, 3.8) is 0 Å². The second kappa shape index (κ2) is 4.43. The summed E-state index contributed by atoms with van der Waals surface area (Å²) in [7, 11) is 0. The molecule has 3 rings (SSSR count). The van der Waals surface area contributed by atoms with E-state index in [0.717, 1.165) is 17.8 Å². The zero-order chi connectivity index (χ0) is 13.4. The van der Waals surface area contributed by atoms with Crippen LogP contribution in [0.15, 0.2) is 48.5 Å². The molecule has 1 aliphatic rings. The van der Waals surface area contributed by atoms with Crippen LogP contribution in [0.4, 0.5) is 11.4 Å². The van der Waals surface area contributed by atoms with Crippen molar-refractivity contribution in [3.8, 4) is 0 Å². The summed E-state index contributed by atoms with van der Waals surface area (Å²) in [5.41, 5.74) is 10.1. The van der Waals surface area contributed by atoms with Crippen molar-refractivity contribution in [2.45, 2.75) is 19.4 Å². The van der Waals surface area contributed by atoms with E-state index in [0.29, 0.717) is 0 Å². The number of para-hydroxylation sites is 2. The van der Waals surface area contributed by atoms with Crippen LogP contribution in [0.5, 0.6) is 0 Å². The lowest BCUT2D eigenvalue weighted by molar-refractivity contribution is -0.118. The lowest BCUT2D eigenvalue weighted by atomic mass is 9.94. The van der Waals surface area contributed by atoms with Gasteiger partial charge in [-0.3, -0.25) is 4.79 Å². The summed E-state index contributed by atoms with van der Waals surface area (Å²) in [4.78, 5) is 13.6. The quantitative estimate of drug-likeness (QED) is 0.893. The van der Waals surface area contributed by atoms with Gasteiger partial charge >= 0.3 is 0 Å². The van der Waals surface area contributed by atoms with Gasteiger partial charge in [0, 0.05) is 17.8 Å². The number of carbonyl (C=O) groups excluding carboxylic acids is 1. The third kappa shape index (κ3) is 1.87. The molecule has 1 atom stereocenters. The Bertz CT molecular complexity index is 591. The van der Waals surface area contributed by atoms with Crippen LogP contribution < -0.4 is 10.6 Å². The van der Waals surface area contributed by atoms with E-state index in [4.69, 9.17) is 5.73 Å². The van der Waals surface area contributed by atoms with Crippen molar-refractivity contribution in [1.29, 1.82) is 0 Å². The van der Waals surface area contributed by atoms with Gasteiger partial charge in [-0.2, -0.15) is 0 Å². The number of nitrogens with zero attached hydrogens (tertiary/aromatic N) is 1. The van der Waals surface area contributed by atoms with Crippen LogP contribution in [0.1, 0.15) is 18.1 Å². The Morgan fingerprint density at radius 2 is 1.53 bits per heavy atom. The molecule has 0 spiro atoms. The molecule has 1 unspecified atom stereocenters. The number of benzene rings is 2. The fraction of sp³-hybridized carbons (Fsp3) is 0.188. The Labute approximate surface area is 112 Å². The van der Waals surface area contributed by atoms with Crippen molar-refractivity contribution in [2.75, 3.05) is 4.90 Å². The van der Waals surface area contributed by atoms with E-state index in [-0.39, 0.29) is 11.9 Å². The lowest BCUT2D eigenvalue weighted by Crippen LogP contribution is -2.41. The zero-order valence-corrected chi connectivity index (χ0v) is 10.8. The zero-order valence-electron chi connectivity index (χ0n) is 10.8. The summed E-state index contributed by atoms with van der Waals surface area (Å²) in [5, 5.41) is 0. The van der Waals surface area contributed by atoms with Crippen LogP contribution >= 0.6 is 0 Å². The van der Waals surface area contributed by atoms with E-state index in [9.17, 15) is 4.79 Å². The molecule has 0 aliphatic carbocycles. The van der Waals surface area contributed by atoms with E-state index in [1.807, 2.05) is 48.2 Å². The molecule has 0 bridgehead atoms. The number of amides is 1. The number of hydrogen-bond acceptors (Lipinski definition) is 2. The number of carbonyl (C=O) groups is 1. The van der Waals surface area contributed by atoms with Crippen LogP contribution in [0.25, 0.3) is 0 Å². The molecule has 2 aromatic rings. The highest BCUT2D eigenvalue weighted by Gasteiger charge is 2.28. The monoisotopic (exact) mass is 252 g/mol. The summed E-state index contributed by atoms with van der Waals surface area (Å²) in [6.07, 6.45) is 0.897. The molecule has 19 heavy (non-hydrogen) atoms. The largest absolute Gasteiger partial charge is 0.368 e. The highest BCUT2D eigenvalue weighted by atomic mass is 16.1. The van der Waals surface area contributed by atoms with Crippen molar-refractivity contribution in [1.82, 2.24) is 0 Å². The Morgan fingerprint density at radius 3 is 2.00 bits per heavy atom. The summed E-state index contributed by atoms with van der Waals surface area (Å²) in [5.74, 6) is -0.313. The van der Waals surface area contributed by atoms with Gasteiger partial charge in [0.1, 0.15) is 6.04 Å². The second-order valence-electron chi connectivity index (χ2n) is 4.88. The number of anilines is 2. The van der Waals surface area contributed by atoms with E-state index in [1.165, 1.54) is 11.1 Å². The fourth-order valence-corrected chi connectivity index (χ4v) is 2.67. The normalized spacial score (nSPS) is 14.5. The molecule has 0 saturated heterocycles. The average molecular weight is 252 g/mol. The van der Waals surface area contributed by atoms with Gasteiger partial charge in [-0.1, -0.05) is 36.4 Å². The van der Waals surface area contributed by atoms with Crippen molar-refractivity contribution < 1.29 is 4.79 Å². The van der Waals surface area contributed by atoms with Gasteiger partial charge in [0.05, 0.1) is 0 Å². The fourth-order valence-electron chi connectivity index (χ4n) is 2.67. The molecule has 1 heterocycles. The SMILES string of the molecule is CC(C(N)=O)N1c2ccccc2Cc2ccccc21. The molecular weight excluding hydrogens is 236 g/mol. The summed E-state index contributed by atoms with van der Waals surface area (Å²) >= 11 is 0. The number of rotatable bonds is 2. The van der Waals surface area contributed by atoms with E-state index < -0.39 is 0 Å². The van der Waals surface area contributed by atoms with Gasteiger partial charge < -0.3 is 10.6 Å². The minimum absolute atomic E-state index is 0.313. The minimum atomic E-state index is -0.359. The second-order valence-corrected chi connectivity index (χ2v) is 4.88. The maximum absolute atomic E-state index is 11.6. The van der Waals surface area contributed by atoms with Gasteiger partial charge in [0.25, 0.3) is 0 Å². The third-order valence-corrected chi connectivity index (χ3v) is 3.68. The number of hydrogen-bond donors (Lipinski definition) is 1. The van der Waals surface area contributed by atoms with Gasteiger partial charge in [0.2, 0.25) is 5.91 Å². The Balaban J connectivity index is 2.19. The highest BCUT2D eigenvalue weighted by molar-refractivity contribution is 5.88. The minimum Gasteiger partial charge on any atom is -0.368 e. The predicted octanol–water partition coefficient (Wildman–Crippen LogP) is 2.60. The van der Waals surface area contributed by atoms with Crippen LogP contribution in [-0.4, -0.2) is 11.9 Å². The van der Waals surface area contributed by atoms with Crippen LogP contribution in [0, 0.1) is 0 Å². The summed E-state index contributed by atoms with van der Waals surface area (Å²) in [6.45, 7) is 1.85. The molecule has 3 heteroatoms. The lowest BCUT2D eigenvalue weighted by Gasteiger charge is -2.36. The molecule has 96 valence electrons. The summed E-state index contributed by atoms with van der Waals surface area (Å²) in [6, 6.07) is 16.0. The molecule has 2 N–H and O–H groups in total. The first-order chi connectivity index (χ1) is 9.18. The standard InChI is InChI=1S/C16H16N2O/c1-11(16(17)19)18-14-8-4-2-6-12(14)10-13-7-3-5-9-15(13)18/h2-9,11H,10H2,1H3,(H2,17,19). The van der Waals surface area contributed by atoms with Crippen molar-refractivity contribution in [3.05, 3.63) is 59.7 Å². The Morgan fingerprint density at radius 1 is 1.05 bits per heavy atom. The first-order valence-electron chi connectivity index (χ1n) is 6.43. The van der Waals surface area contributed by atoms with Crippen molar-refractivity contribution in [2.24, 2.45) is 5.73 Å². The average Bonchev–Trinajstić information content (AvgIpc) is 2.43. The van der Waals surface area contributed by atoms with Crippen LogP contribution in [0.2, 0.25) is 0 Å². The molecular formula is C16H16N2O. The van der Waals surface area contributed by atoms with Gasteiger partial charge in [0.15, 0.2) is 0 Å². The van der Waals surface area contributed by atoms with E-state index >= 15 is 0 Å². The van der Waals surface area contributed by atoms with E-state index in [1.54, 1.807) is 0 Å². The Hall–Kier alpha value is -2.29. The molecule has 0 radical (unpaired) electrons. The van der Waals surface area contributed by atoms with Gasteiger partial charge in [-0.15, -0.1) is 0 Å². The molecule has 0 aromatic heterocycles. The molecule has 3 nitrogen and oxygen atoms in total. The third-order valence-electron chi connectivity index (χ3n) is 3.68. The smallest absolute Gasteiger partial charge is 0.240 e. The van der Waals surface area contributed by atoms with Gasteiger partial charge in [-0.25, -0.2) is 0 Å². The van der Waals surface area contributed by atoms with Crippen LogP contribution in [0.3, 0.4) is 0 Å². The van der Waals surface area contributed by atoms with Crippen LogP contribution in [-0.2, 0) is 11.2 Å². The maximum atomic E-state index is 11.6. The molecule has 0 fully saturated rings. The Kier molecular flexibility index (Phi) is 2.75. The maximum Gasteiger partial charge on any atom is 0.240 e. The molecule has 0 saturated carbocycles. The number of nitrogens with two attached hydrogens (primary N) is 1. The number of primary amides is 1. The van der Waals surface area contributed by atoms with Gasteiger partial charge in [-0.05, 0) is 30.2 Å². The number of fused-ring (bicyclic) bond motifs is 2. The van der Waals surface area contributed by atoms with Crippen molar-refractivity contribution >= 4 is 17.3 Å². The molecule has 1 aliphatic heterocycles. The topological polar surface area (TPSA) is 46.3 Å². The summed E-state index contributed by atoms with van der Waals surface area (Å²) < 4.78 is 0. The molecule has 1 amide bonds. The predicted molar refractivity (Wildman–Crippen MR) is 76.5 cm³/mol. The molecule has 2 aromatic carbocycles. The first kappa shape index (κ1) is 11.8. The highest BCUT2D eigenvalue weighted by Crippen LogP contribution is 2.39. The first-order valence-corrected chi connectivity index (χ1v) is 6.43. The van der Waals surface area contributed by atoms with E-state index in [2.05, 4.69) is 12.1 Å².